The second kappa shape index (κ2) is 5.95. The molecule has 0 aliphatic carbocycles. The summed E-state index contributed by atoms with van der Waals surface area (Å²) >= 11 is 0. The van der Waals surface area contributed by atoms with Crippen LogP contribution in [0.3, 0.4) is 0 Å². The Kier molecular flexibility index (Phi) is 4.58. The van der Waals surface area contributed by atoms with Crippen molar-refractivity contribution >= 4 is 11.7 Å². The molecule has 3 nitrogen and oxygen atoms in total. The highest BCUT2D eigenvalue weighted by molar-refractivity contribution is 5.85. The molecule has 1 rings (SSSR count). The zero-order valence-electron chi connectivity index (χ0n) is 9.52. The SMILES string of the molecule is C=C(CCCN(C)c1ccccc1)C(=O)O. The number of carbonyl (C=O) groups is 1. The number of aliphatic carboxylic acids is 1. The normalized spacial score (nSPS) is 9.81. The minimum atomic E-state index is -0.901. The molecular weight excluding hydrogens is 202 g/mol. The van der Waals surface area contributed by atoms with Crippen LogP contribution in [0.4, 0.5) is 5.69 Å². The van der Waals surface area contributed by atoms with Crippen LogP contribution in [0.15, 0.2) is 42.5 Å². The monoisotopic (exact) mass is 219 g/mol. The molecule has 0 aliphatic heterocycles. The first-order valence-corrected chi connectivity index (χ1v) is 5.28. The standard InChI is InChI=1S/C13H17NO2/c1-11(13(15)16)7-6-10-14(2)12-8-4-3-5-9-12/h3-5,8-9H,1,6-7,10H2,2H3,(H,15,16). The summed E-state index contributed by atoms with van der Waals surface area (Å²) in [5, 5.41) is 8.65. The van der Waals surface area contributed by atoms with Crippen molar-refractivity contribution in [2.24, 2.45) is 0 Å². The van der Waals surface area contributed by atoms with E-state index in [1.807, 2.05) is 37.4 Å². The number of anilines is 1. The molecule has 1 aromatic carbocycles. The molecule has 0 atom stereocenters. The van der Waals surface area contributed by atoms with Gasteiger partial charge in [0.1, 0.15) is 0 Å². The maximum Gasteiger partial charge on any atom is 0.330 e. The van der Waals surface area contributed by atoms with E-state index in [1.165, 1.54) is 0 Å². The number of hydrogen-bond donors (Lipinski definition) is 1. The summed E-state index contributed by atoms with van der Waals surface area (Å²) in [5.74, 6) is -0.901. The minimum Gasteiger partial charge on any atom is -0.478 e. The fourth-order valence-electron chi connectivity index (χ4n) is 1.45. The zero-order chi connectivity index (χ0) is 12.0. The predicted molar refractivity (Wildman–Crippen MR) is 65.7 cm³/mol. The van der Waals surface area contributed by atoms with Crippen LogP contribution in [0.5, 0.6) is 0 Å². The van der Waals surface area contributed by atoms with Crippen molar-refractivity contribution in [2.45, 2.75) is 12.8 Å². The Labute approximate surface area is 96.0 Å². The molecule has 0 spiro atoms. The smallest absolute Gasteiger partial charge is 0.330 e. The lowest BCUT2D eigenvalue weighted by molar-refractivity contribution is -0.132. The van der Waals surface area contributed by atoms with Crippen molar-refractivity contribution in [3.05, 3.63) is 42.5 Å². The average Bonchev–Trinajstić information content (AvgIpc) is 2.29. The van der Waals surface area contributed by atoms with Crippen LogP contribution in [0.25, 0.3) is 0 Å². The Bertz CT molecular complexity index is 359. The molecule has 1 aromatic rings. The first-order chi connectivity index (χ1) is 7.61. The molecule has 86 valence electrons. The molecule has 0 unspecified atom stereocenters. The van der Waals surface area contributed by atoms with Gasteiger partial charge in [0.05, 0.1) is 0 Å². The zero-order valence-corrected chi connectivity index (χ0v) is 9.52. The van der Waals surface area contributed by atoms with E-state index < -0.39 is 5.97 Å². The van der Waals surface area contributed by atoms with Crippen molar-refractivity contribution in [3.8, 4) is 0 Å². The topological polar surface area (TPSA) is 40.5 Å². The summed E-state index contributed by atoms with van der Waals surface area (Å²) in [5.41, 5.74) is 1.42. The van der Waals surface area contributed by atoms with E-state index in [0.717, 1.165) is 18.7 Å². The lowest BCUT2D eigenvalue weighted by Gasteiger charge is -2.18. The van der Waals surface area contributed by atoms with Gasteiger partial charge >= 0.3 is 5.97 Å². The summed E-state index contributed by atoms with van der Waals surface area (Å²) in [6.07, 6.45) is 1.34. The highest BCUT2D eigenvalue weighted by Crippen LogP contribution is 2.12. The maximum absolute atomic E-state index is 10.5. The third kappa shape index (κ3) is 3.77. The molecule has 0 heterocycles. The van der Waals surface area contributed by atoms with Crippen molar-refractivity contribution < 1.29 is 9.90 Å². The second-order valence-electron chi connectivity index (χ2n) is 3.77. The van der Waals surface area contributed by atoms with E-state index in [4.69, 9.17) is 5.11 Å². The third-order valence-electron chi connectivity index (χ3n) is 2.47. The summed E-state index contributed by atoms with van der Waals surface area (Å²) < 4.78 is 0. The molecule has 0 fully saturated rings. The fraction of sp³-hybridized carbons (Fsp3) is 0.308. The summed E-state index contributed by atoms with van der Waals surface area (Å²) in [6.45, 7) is 4.34. The van der Waals surface area contributed by atoms with Gasteiger partial charge in [-0.2, -0.15) is 0 Å². The van der Waals surface area contributed by atoms with Crippen molar-refractivity contribution in [3.63, 3.8) is 0 Å². The van der Waals surface area contributed by atoms with E-state index in [9.17, 15) is 4.79 Å². The van der Waals surface area contributed by atoms with Gasteiger partial charge < -0.3 is 10.0 Å². The largest absolute Gasteiger partial charge is 0.478 e. The van der Waals surface area contributed by atoms with Gasteiger partial charge in [-0.15, -0.1) is 0 Å². The van der Waals surface area contributed by atoms with Gasteiger partial charge in [-0.1, -0.05) is 24.8 Å². The van der Waals surface area contributed by atoms with Gasteiger partial charge in [0.25, 0.3) is 0 Å². The molecule has 0 saturated carbocycles. The number of carboxylic acids is 1. The Morgan fingerprint density at radius 1 is 1.38 bits per heavy atom. The Morgan fingerprint density at radius 3 is 2.56 bits per heavy atom. The maximum atomic E-state index is 10.5. The molecule has 0 bridgehead atoms. The second-order valence-corrected chi connectivity index (χ2v) is 3.77. The van der Waals surface area contributed by atoms with Gasteiger partial charge in [-0.3, -0.25) is 0 Å². The number of rotatable bonds is 6. The fourth-order valence-corrected chi connectivity index (χ4v) is 1.45. The van der Waals surface area contributed by atoms with Gasteiger partial charge in [0, 0.05) is 24.9 Å². The number of benzene rings is 1. The first-order valence-electron chi connectivity index (χ1n) is 5.28. The molecule has 0 radical (unpaired) electrons. The Morgan fingerprint density at radius 2 is 2.00 bits per heavy atom. The van der Waals surface area contributed by atoms with E-state index >= 15 is 0 Å². The van der Waals surface area contributed by atoms with Crippen molar-refractivity contribution in [1.82, 2.24) is 0 Å². The Balaban J connectivity index is 2.34. The number of hydrogen-bond acceptors (Lipinski definition) is 2. The first kappa shape index (κ1) is 12.3. The number of para-hydroxylation sites is 1. The van der Waals surface area contributed by atoms with Crippen LogP contribution in [-0.4, -0.2) is 24.7 Å². The number of nitrogens with zero attached hydrogens (tertiary/aromatic N) is 1. The summed E-state index contributed by atoms with van der Waals surface area (Å²) in [6, 6.07) is 10.0. The van der Waals surface area contributed by atoms with Gasteiger partial charge in [0.2, 0.25) is 0 Å². The van der Waals surface area contributed by atoms with Crippen LogP contribution < -0.4 is 4.90 Å². The van der Waals surface area contributed by atoms with Crippen molar-refractivity contribution in [2.75, 3.05) is 18.5 Å². The van der Waals surface area contributed by atoms with E-state index in [1.54, 1.807) is 0 Å². The molecule has 3 heteroatoms. The lowest BCUT2D eigenvalue weighted by atomic mass is 10.1. The molecule has 1 N–H and O–H groups in total. The van der Waals surface area contributed by atoms with Crippen LogP contribution in [-0.2, 0) is 4.79 Å². The molecule has 0 aliphatic rings. The van der Waals surface area contributed by atoms with Gasteiger partial charge in [-0.25, -0.2) is 4.79 Å². The van der Waals surface area contributed by atoms with E-state index in [2.05, 4.69) is 11.5 Å². The van der Waals surface area contributed by atoms with Crippen LogP contribution in [0, 0.1) is 0 Å². The highest BCUT2D eigenvalue weighted by atomic mass is 16.4. The molecule has 0 saturated heterocycles. The van der Waals surface area contributed by atoms with Crippen molar-refractivity contribution in [1.29, 1.82) is 0 Å². The minimum absolute atomic E-state index is 0.279. The molecular formula is C13H17NO2. The lowest BCUT2D eigenvalue weighted by Crippen LogP contribution is -2.18. The predicted octanol–water partition coefficient (Wildman–Crippen LogP) is 2.54. The molecule has 0 amide bonds. The van der Waals surface area contributed by atoms with E-state index in [-0.39, 0.29) is 5.57 Å². The van der Waals surface area contributed by atoms with Crippen LogP contribution in [0.2, 0.25) is 0 Å². The van der Waals surface area contributed by atoms with E-state index in [0.29, 0.717) is 6.42 Å². The third-order valence-corrected chi connectivity index (χ3v) is 2.47. The van der Waals surface area contributed by atoms with Gasteiger partial charge in [0.15, 0.2) is 0 Å². The quantitative estimate of drug-likeness (QED) is 0.747. The molecule has 0 aromatic heterocycles. The number of carboxylic acid groups (broad SMARTS) is 1. The van der Waals surface area contributed by atoms with Gasteiger partial charge in [-0.05, 0) is 25.0 Å². The highest BCUT2D eigenvalue weighted by Gasteiger charge is 2.04. The van der Waals surface area contributed by atoms with Crippen LogP contribution >= 0.6 is 0 Å². The average molecular weight is 219 g/mol. The molecule has 16 heavy (non-hydrogen) atoms. The van der Waals surface area contributed by atoms with Crippen LogP contribution in [0.1, 0.15) is 12.8 Å². The summed E-state index contributed by atoms with van der Waals surface area (Å²) in [4.78, 5) is 12.6. The summed E-state index contributed by atoms with van der Waals surface area (Å²) in [7, 11) is 2.00. The Hall–Kier alpha value is -1.77.